The van der Waals surface area contributed by atoms with Gasteiger partial charge in [-0.1, -0.05) is 0 Å². The molecule has 8 heteroatoms. The monoisotopic (exact) mass is 293 g/mol. The Kier molecular flexibility index (Phi) is 4.06. The van der Waals surface area contributed by atoms with Crippen LogP contribution in [-0.4, -0.2) is 19.7 Å². The first-order valence-electron chi connectivity index (χ1n) is 6.51. The van der Waals surface area contributed by atoms with Crippen LogP contribution in [0.15, 0.2) is 19.2 Å². The van der Waals surface area contributed by atoms with Gasteiger partial charge in [0.25, 0.3) is 21.7 Å². The molecule has 0 radical (unpaired) electrons. The summed E-state index contributed by atoms with van der Waals surface area (Å²) in [6, 6.07) is 0. The molecule has 2 aromatic carbocycles. The molecule has 0 aliphatic heterocycles. The van der Waals surface area contributed by atoms with Crippen molar-refractivity contribution in [2.45, 2.75) is 13.3 Å². The van der Waals surface area contributed by atoms with Crippen molar-refractivity contribution in [1.82, 2.24) is 0 Å². The quantitative estimate of drug-likeness (QED) is 0.408. The lowest BCUT2D eigenvalue weighted by Crippen LogP contribution is -2.37. The van der Waals surface area contributed by atoms with E-state index in [0.29, 0.717) is 26.1 Å². The fraction of sp³-hybridized carbons (Fsp3) is 0.385. The average Bonchev–Trinajstić information content (AvgIpc) is 2.51. The molecule has 0 fully saturated rings. The van der Waals surface area contributed by atoms with Crippen molar-refractivity contribution in [3.05, 3.63) is 40.9 Å². The van der Waals surface area contributed by atoms with Gasteiger partial charge in [0.1, 0.15) is 17.1 Å². The average molecular weight is 293 g/mol. The maximum atomic E-state index is 11.3. The van der Waals surface area contributed by atoms with E-state index < -0.39 is 21.7 Å². The molecule has 0 bridgehead atoms. The minimum Gasteiger partial charge on any atom is -0.488 e. The highest BCUT2D eigenvalue weighted by atomic mass is 16.5. The molecular formula is C13H15N3O5. The first-order valence-corrected chi connectivity index (χ1v) is 6.51. The SMILES string of the molecule is CCOc1c(NCCCNc2c(N)c(=O)c2=O)c(=O)c1=O. The molecule has 0 aliphatic rings. The van der Waals surface area contributed by atoms with E-state index in [0.717, 1.165) is 0 Å². The van der Waals surface area contributed by atoms with Gasteiger partial charge in [-0.15, -0.1) is 0 Å². The van der Waals surface area contributed by atoms with Gasteiger partial charge in [-0.3, -0.25) is 19.2 Å². The van der Waals surface area contributed by atoms with Gasteiger partial charge >= 0.3 is 0 Å². The van der Waals surface area contributed by atoms with Crippen LogP contribution in [0.1, 0.15) is 13.3 Å². The fourth-order valence-corrected chi connectivity index (χ4v) is 1.91. The van der Waals surface area contributed by atoms with E-state index in [4.69, 9.17) is 10.5 Å². The van der Waals surface area contributed by atoms with Gasteiger partial charge in [0, 0.05) is 13.1 Å². The number of rotatable bonds is 8. The van der Waals surface area contributed by atoms with Crippen LogP contribution in [0.25, 0.3) is 0 Å². The number of ether oxygens (including phenoxy) is 1. The van der Waals surface area contributed by atoms with Gasteiger partial charge in [0.15, 0.2) is 5.75 Å². The Morgan fingerprint density at radius 1 is 0.905 bits per heavy atom. The van der Waals surface area contributed by atoms with Crippen LogP contribution in [-0.2, 0) is 0 Å². The van der Waals surface area contributed by atoms with Crippen molar-refractivity contribution < 1.29 is 4.74 Å². The molecule has 2 rings (SSSR count). The van der Waals surface area contributed by atoms with Crippen molar-refractivity contribution in [1.29, 1.82) is 0 Å². The second-order valence-corrected chi connectivity index (χ2v) is 4.45. The summed E-state index contributed by atoms with van der Waals surface area (Å²) < 4.78 is 5.06. The van der Waals surface area contributed by atoms with Crippen LogP contribution in [0, 0.1) is 0 Å². The van der Waals surface area contributed by atoms with Crippen molar-refractivity contribution >= 4 is 17.1 Å². The summed E-state index contributed by atoms with van der Waals surface area (Å²) in [7, 11) is 0. The van der Waals surface area contributed by atoms with Crippen molar-refractivity contribution in [2.24, 2.45) is 0 Å². The molecule has 8 nitrogen and oxygen atoms in total. The third kappa shape index (κ3) is 2.51. The summed E-state index contributed by atoms with van der Waals surface area (Å²) in [5.41, 5.74) is 3.17. The number of nitrogens with two attached hydrogens (primary N) is 1. The molecule has 0 amide bonds. The van der Waals surface area contributed by atoms with E-state index in [1.54, 1.807) is 6.92 Å². The maximum Gasteiger partial charge on any atom is 0.272 e. The first kappa shape index (κ1) is 14.8. The molecule has 0 saturated heterocycles. The number of nitrogen functional groups attached to an aromatic ring is 1. The summed E-state index contributed by atoms with van der Waals surface area (Å²) in [6.07, 6.45) is 0.558. The molecule has 2 aromatic rings. The number of hydrogen-bond donors (Lipinski definition) is 3. The van der Waals surface area contributed by atoms with Crippen molar-refractivity contribution in [2.75, 3.05) is 36.1 Å². The third-order valence-corrected chi connectivity index (χ3v) is 3.06. The lowest BCUT2D eigenvalue weighted by atomic mass is 10.2. The standard InChI is InChI=1S/C13H15N3O5/c1-2-21-13-8(11(19)12(13)20)16-5-3-4-15-7-6(14)9(17)10(7)18/h15-16H,2-5,14H2,1H3. The van der Waals surface area contributed by atoms with Gasteiger partial charge < -0.3 is 21.1 Å². The predicted octanol–water partition coefficient (Wildman–Crippen LogP) is -1.23. The molecule has 0 atom stereocenters. The first-order chi connectivity index (χ1) is 9.99. The van der Waals surface area contributed by atoms with E-state index in [-0.39, 0.29) is 22.8 Å². The van der Waals surface area contributed by atoms with Gasteiger partial charge in [0.05, 0.1) is 6.61 Å². The van der Waals surface area contributed by atoms with E-state index in [2.05, 4.69) is 10.6 Å². The van der Waals surface area contributed by atoms with E-state index in [1.807, 2.05) is 0 Å². The molecule has 21 heavy (non-hydrogen) atoms. The van der Waals surface area contributed by atoms with Crippen molar-refractivity contribution in [3.63, 3.8) is 0 Å². The van der Waals surface area contributed by atoms with Crippen LogP contribution in [0.5, 0.6) is 5.75 Å². The van der Waals surface area contributed by atoms with Crippen LogP contribution in [0.3, 0.4) is 0 Å². The summed E-state index contributed by atoms with van der Waals surface area (Å²) >= 11 is 0. The van der Waals surface area contributed by atoms with Crippen LogP contribution in [0.4, 0.5) is 17.1 Å². The topological polar surface area (TPSA) is 128 Å². The maximum absolute atomic E-state index is 11.3. The normalized spacial score (nSPS) is 10.9. The Balaban J connectivity index is 1.78. The molecule has 0 aromatic heterocycles. The van der Waals surface area contributed by atoms with E-state index in [1.165, 1.54) is 0 Å². The zero-order valence-corrected chi connectivity index (χ0v) is 11.4. The second-order valence-electron chi connectivity index (χ2n) is 4.45. The van der Waals surface area contributed by atoms with Gasteiger partial charge in [-0.05, 0) is 13.3 Å². The molecule has 112 valence electrons. The minimum absolute atomic E-state index is 0.0472. The van der Waals surface area contributed by atoms with Gasteiger partial charge in [-0.2, -0.15) is 0 Å². The summed E-state index contributed by atoms with van der Waals surface area (Å²) in [4.78, 5) is 44.5. The Hall–Kier alpha value is -2.64. The van der Waals surface area contributed by atoms with Crippen LogP contribution < -0.4 is 42.8 Å². The van der Waals surface area contributed by atoms with Crippen molar-refractivity contribution in [3.8, 4) is 5.75 Å². The Labute approximate surface area is 118 Å². The molecule has 4 N–H and O–H groups in total. The van der Waals surface area contributed by atoms with Gasteiger partial charge in [-0.25, -0.2) is 0 Å². The molecule has 0 heterocycles. The highest BCUT2D eigenvalue weighted by Gasteiger charge is 2.21. The largest absolute Gasteiger partial charge is 0.488 e. The molecule has 0 unspecified atom stereocenters. The molecule has 0 spiro atoms. The minimum atomic E-state index is -0.666. The summed E-state index contributed by atoms with van der Waals surface area (Å²) in [5.74, 6) is 0.0715. The third-order valence-electron chi connectivity index (χ3n) is 3.06. The number of hydrogen-bond acceptors (Lipinski definition) is 8. The summed E-state index contributed by atoms with van der Waals surface area (Å²) in [6.45, 7) is 2.85. The van der Waals surface area contributed by atoms with E-state index >= 15 is 0 Å². The fourth-order valence-electron chi connectivity index (χ4n) is 1.91. The number of anilines is 3. The zero-order valence-electron chi connectivity index (χ0n) is 11.4. The smallest absolute Gasteiger partial charge is 0.272 e. The summed E-state index contributed by atoms with van der Waals surface area (Å²) in [5, 5.41) is 5.58. The van der Waals surface area contributed by atoms with Crippen LogP contribution >= 0.6 is 0 Å². The molecule has 0 aliphatic carbocycles. The second kappa shape index (κ2) is 5.78. The predicted molar refractivity (Wildman–Crippen MR) is 79.9 cm³/mol. The Bertz CT molecular complexity index is 794. The zero-order chi connectivity index (χ0) is 15.6. The lowest BCUT2D eigenvalue weighted by Gasteiger charge is -2.13. The lowest BCUT2D eigenvalue weighted by molar-refractivity contribution is 0.334. The Morgan fingerprint density at radius 2 is 1.48 bits per heavy atom. The molecular weight excluding hydrogens is 278 g/mol. The highest BCUT2D eigenvalue weighted by Crippen LogP contribution is 2.17. The van der Waals surface area contributed by atoms with E-state index in [9.17, 15) is 19.2 Å². The van der Waals surface area contributed by atoms with Gasteiger partial charge in [0.2, 0.25) is 0 Å². The molecule has 0 saturated carbocycles. The highest BCUT2D eigenvalue weighted by molar-refractivity contribution is 5.71. The Morgan fingerprint density at radius 3 is 2.05 bits per heavy atom. The number of nitrogens with one attached hydrogen (secondary N) is 2. The van der Waals surface area contributed by atoms with Crippen LogP contribution in [0.2, 0.25) is 0 Å².